The van der Waals surface area contributed by atoms with Crippen LogP contribution in [-0.4, -0.2) is 19.5 Å². The van der Waals surface area contributed by atoms with E-state index in [1.54, 1.807) is 18.3 Å². The van der Waals surface area contributed by atoms with Gasteiger partial charge < -0.3 is 4.74 Å². The highest BCUT2D eigenvalue weighted by Crippen LogP contribution is 2.28. The predicted octanol–water partition coefficient (Wildman–Crippen LogP) is 2.57. The van der Waals surface area contributed by atoms with Gasteiger partial charge in [0.15, 0.2) is 11.6 Å². The molecular weight excluding hydrogens is 267 g/mol. The van der Waals surface area contributed by atoms with Crippen LogP contribution in [0.1, 0.15) is 0 Å². The number of ether oxygens (including phenoxy) is 1. The molecular formula is C12H7FN4O3. The van der Waals surface area contributed by atoms with Crippen molar-refractivity contribution in [3.63, 3.8) is 0 Å². The summed E-state index contributed by atoms with van der Waals surface area (Å²) in [4.78, 5) is 13.8. The van der Waals surface area contributed by atoms with Crippen LogP contribution in [0.15, 0.2) is 42.9 Å². The Hall–Kier alpha value is -3.03. The summed E-state index contributed by atoms with van der Waals surface area (Å²) in [5, 5.41) is 14.5. The maximum atomic E-state index is 13.7. The highest BCUT2D eigenvalue weighted by atomic mass is 19.1. The van der Waals surface area contributed by atoms with Crippen LogP contribution in [0.5, 0.6) is 11.6 Å². The molecule has 2 heterocycles. The molecule has 20 heavy (non-hydrogen) atoms. The summed E-state index contributed by atoms with van der Waals surface area (Å²) < 4.78 is 20.6. The Labute approximate surface area is 111 Å². The van der Waals surface area contributed by atoms with E-state index in [4.69, 9.17) is 4.74 Å². The second kappa shape index (κ2) is 4.57. The molecule has 0 saturated heterocycles. The quantitative estimate of drug-likeness (QED) is 0.541. The van der Waals surface area contributed by atoms with E-state index in [9.17, 15) is 14.5 Å². The van der Waals surface area contributed by atoms with Crippen LogP contribution < -0.4 is 4.74 Å². The molecule has 0 atom stereocenters. The SMILES string of the molecule is O=[N+]([O-])c1ccc(Oc2ncnn3cccc23)c(F)c1. The summed E-state index contributed by atoms with van der Waals surface area (Å²) in [5.74, 6) is -0.808. The van der Waals surface area contributed by atoms with E-state index < -0.39 is 10.7 Å². The molecule has 0 spiro atoms. The number of hydrogen-bond donors (Lipinski definition) is 0. The number of rotatable bonds is 3. The Morgan fingerprint density at radius 1 is 1.35 bits per heavy atom. The lowest BCUT2D eigenvalue weighted by Crippen LogP contribution is -1.97. The zero-order chi connectivity index (χ0) is 14.1. The van der Waals surface area contributed by atoms with Gasteiger partial charge in [-0.25, -0.2) is 8.91 Å². The first-order chi connectivity index (χ1) is 9.65. The molecule has 1 aromatic carbocycles. The van der Waals surface area contributed by atoms with Crippen molar-refractivity contribution >= 4 is 11.2 Å². The lowest BCUT2D eigenvalue weighted by atomic mass is 10.3. The molecule has 0 aliphatic rings. The van der Waals surface area contributed by atoms with Gasteiger partial charge in [0.25, 0.3) is 5.69 Å². The molecule has 0 bridgehead atoms. The minimum Gasteiger partial charge on any atom is -0.434 e. The van der Waals surface area contributed by atoms with Crippen LogP contribution in [0.2, 0.25) is 0 Å². The van der Waals surface area contributed by atoms with Crippen molar-refractivity contribution in [3.8, 4) is 11.6 Å². The van der Waals surface area contributed by atoms with Gasteiger partial charge in [0.2, 0.25) is 5.88 Å². The number of nitro groups is 1. The molecule has 100 valence electrons. The van der Waals surface area contributed by atoms with Gasteiger partial charge in [0, 0.05) is 12.3 Å². The summed E-state index contributed by atoms with van der Waals surface area (Å²) in [6, 6.07) is 6.59. The standard InChI is InChI=1S/C12H7FN4O3/c13-9-6-8(17(18)19)3-4-11(9)20-12-10-2-1-5-16(10)15-7-14-12/h1-7H. The molecule has 8 heteroatoms. The van der Waals surface area contributed by atoms with Crippen LogP contribution in [0.3, 0.4) is 0 Å². The molecule has 3 aromatic rings. The third kappa shape index (κ3) is 2.03. The van der Waals surface area contributed by atoms with E-state index >= 15 is 0 Å². The Kier molecular flexibility index (Phi) is 2.75. The summed E-state index contributed by atoms with van der Waals surface area (Å²) in [6.45, 7) is 0. The van der Waals surface area contributed by atoms with Crippen LogP contribution in [0, 0.1) is 15.9 Å². The lowest BCUT2D eigenvalue weighted by molar-refractivity contribution is -0.385. The number of benzene rings is 1. The van der Waals surface area contributed by atoms with Crippen molar-refractivity contribution in [2.45, 2.75) is 0 Å². The number of nitrogens with zero attached hydrogens (tertiary/aromatic N) is 4. The van der Waals surface area contributed by atoms with Gasteiger partial charge in [-0.1, -0.05) is 0 Å². The second-order valence-electron chi connectivity index (χ2n) is 3.88. The van der Waals surface area contributed by atoms with Crippen LogP contribution >= 0.6 is 0 Å². The Balaban J connectivity index is 1.99. The Morgan fingerprint density at radius 2 is 2.20 bits per heavy atom. The van der Waals surface area contributed by atoms with Crippen molar-refractivity contribution in [1.29, 1.82) is 0 Å². The van der Waals surface area contributed by atoms with Crippen LogP contribution in [-0.2, 0) is 0 Å². The van der Waals surface area contributed by atoms with Gasteiger partial charge in [-0.05, 0) is 18.2 Å². The molecule has 0 unspecified atom stereocenters. The maximum absolute atomic E-state index is 13.7. The third-order valence-electron chi connectivity index (χ3n) is 2.63. The Bertz CT molecular complexity index is 802. The summed E-state index contributed by atoms with van der Waals surface area (Å²) >= 11 is 0. The fraction of sp³-hybridized carbons (Fsp3) is 0. The van der Waals surface area contributed by atoms with Gasteiger partial charge >= 0.3 is 0 Å². The molecule has 0 N–H and O–H groups in total. The maximum Gasteiger partial charge on any atom is 0.272 e. The van der Waals surface area contributed by atoms with Crippen LogP contribution in [0.25, 0.3) is 5.52 Å². The number of fused-ring (bicyclic) bond motifs is 1. The number of non-ortho nitro benzene ring substituents is 1. The van der Waals surface area contributed by atoms with E-state index in [2.05, 4.69) is 10.1 Å². The van der Waals surface area contributed by atoms with Crippen molar-refractivity contribution in [1.82, 2.24) is 14.6 Å². The van der Waals surface area contributed by atoms with Crippen molar-refractivity contribution < 1.29 is 14.1 Å². The monoisotopic (exact) mass is 274 g/mol. The van der Waals surface area contributed by atoms with Gasteiger partial charge in [0.05, 0.1) is 11.0 Å². The molecule has 0 saturated carbocycles. The molecule has 0 aliphatic carbocycles. The average molecular weight is 274 g/mol. The largest absolute Gasteiger partial charge is 0.434 e. The summed E-state index contributed by atoms with van der Waals surface area (Å²) in [7, 11) is 0. The van der Waals surface area contributed by atoms with Gasteiger partial charge in [-0.15, -0.1) is 0 Å². The van der Waals surface area contributed by atoms with E-state index in [0.29, 0.717) is 5.52 Å². The topological polar surface area (TPSA) is 82.6 Å². The number of nitro benzene ring substituents is 1. The highest BCUT2D eigenvalue weighted by Gasteiger charge is 2.14. The first-order valence-corrected chi connectivity index (χ1v) is 5.55. The fourth-order valence-electron chi connectivity index (χ4n) is 1.71. The zero-order valence-corrected chi connectivity index (χ0v) is 9.93. The zero-order valence-electron chi connectivity index (χ0n) is 9.93. The minimum absolute atomic E-state index is 0.141. The first kappa shape index (κ1) is 12.0. The summed E-state index contributed by atoms with van der Waals surface area (Å²) in [5.41, 5.74) is 0.218. The van der Waals surface area contributed by atoms with Crippen molar-refractivity contribution in [2.75, 3.05) is 0 Å². The fourth-order valence-corrected chi connectivity index (χ4v) is 1.71. The smallest absolute Gasteiger partial charge is 0.272 e. The Morgan fingerprint density at radius 3 is 2.95 bits per heavy atom. The van der Waals surface area contributed by atoms with E-state index in [0.717, 1.165) is 12.1 Å². The number of aromatic nitrogens is 3. The number of hydrogen-bond acceptors (Lipinski definition) is 5. The third-order valence-corrected chi connectivity index (χ3v) is 2.63. The second-order valence-corrected chi connectivity index (χ2v) is 3.88. The van der Waals surface area contributed by atoms with Crippen molar-refractivity contribution in [3.05, 3.63) is 58.8 Å². The minimum atomic E-state index is -0.831. The number of halogens is 1. The average Bonchev–Trinajstić information content (AvgIpc) is 2.90. The molecule has 2 aromatic heterocycles. The summed E-state index contributed by atoms with van der Waals surface area (Å²) in [6.07, 6.45) is 2.96. The van der Waals surface area contributed by atoms with Gasteiger partial charge in [-0.2, -0.15) is 10.1 Å². The highest BCUT2D eigenvalue weighted by molar-refractivity contribution is 5.56. The predicted molar refractivity (Wildman–Crippen MR) is 66.1 cm³/mol. The van der Waals surface area contributed by atoms with E-state index in [1.165, 1.54) is 16.9 Å². The molecule has 0 radical (unpaired) electrons. The van der Waals surface area contributed by atoms with E-state index in [1.807, 2.05) is 0 Å². The molecule has 0 aliphatic heterocycles. The normalized spacial score (nSPS) is 10.7. The first-order valence-electron chi connectivity index (χ1n) is 5.55. The molecule has 3 rings (SSSR count). The molecule has 7 nitrogen and oxygen atoms in total. The molecule has 0 amide bonds. The van der Waals surface area contributed by atoms with Crippen molar-refractivity contribution in [2.24, 2.45) is 0 Å². The van der Waals surface area contributed by atoms with Crippen LogP contribution in [0.4, 0.5) is 10.1 Å². The van der Waals surface area contributed by atoms with Gasteiger partial charge in [-0.3, -0.25) is 10.1 Å². The van der Waals surface area contributed by atoms with E-state index in [-0.39, 0.29) is 17.3 Å². The lowest BCUT2D eigenvalue weighted by Gasteiger charge is -2.06. The van der Waals surface area contributed by atoms with Gasteiger partial charge in [0.1, 0.15) is 11.8 Å². The molecule has 0 fully saturated rings.